The predicted molar refractivity (Wildman–Crippen MR) is 93.7 cm³/mol. The van der Waals surface area contributed by atoms with Crippen LogP contribution in [0.25, 0.3) is 22.6 Å². The number of halogens is 1. The number of aromatic amines is 1. The van der Waals surface area contributed by atoms with Crippen LogP contribution in [-0.2, 0) is 0 Å². The van der Waals surface area contributed by atoms with Gasteiger partial charge in [0.05, 0.1) is 16.8 Å². The van der Waals surface area contributed by atoms with Crippen molar-refractivity contribution in [1.82, 2.24) is 15.0 Å². The molecule has 25 heavy (non-hydrogen) atoms. The fourth-order valence-electron chi connectivity index (χ4n) is 2.59. The summed E-state index contributed by atoms with van der Waals surface area (Å²) in [5.74, 6) is -0.337. The zero-order chi connectivity index (χ0) is 17.2. The van der Waals surface area contributed by atoms with Crippen LogP contribution in [0.3, 0.4) is 0 Å². The van der Waals surface area contributed by atoms with Gasteiger partial charge in [0.1, 0.15) is 17.0 Å². The number of fused-ring (bicyclic) bond motifs is 1. The molecule has 0 radical (unpaired) electrons. The van der Waals surface area contributed by atoms with Crippen molar-refractivity contribution in [2.45, 2.75) is 0 Å². The highest BCUT2D eigenvalue weighted by molar-refractivity contribution is 6.11. The van der Waals surface area contributed by atoms with Crippen LogP contribution in [0, 0.1) is 5.82 Å². The van der Waals surface area contributed by atoms with Crippen LogP contribution in [0.4, 0.5) is 10.1 Å². The molecule has 1 amide bonds. The second kappa shape index (κ2) is 6.16. The van der Waals surface area contributed by atoms with E-state index < -0.39 is 11.7 Å². The minimum atomic E-state index is -0.487. The quantitative estimate of drug-likeness (QED) is 0.595. The Hall–Kier alpha value is -3.54. The van der Waals surface area contributed by atoms with E-state index in [0.717, 1.165) is 0 Å². The highest BCUT2D eigenvalue weighted by atomic mass is 19.1. The van der Waals surface area contributed by atoms with E-state index in [-0.39, 0.29) is 5.69 Å². The van der Waals surface area contributed by atoms with Crippen molar-refractivity contribution < 1.29 is 9.18 Å². The fraction of sp³-hybridized carbons (Fsp3) is 0. The molecule has 0 aliphatic heterocycles. The van der Waals surface area contributed by atoms with Gasteiger partial charge in [-0.25, -0.2) is 9.37 Å². The molecular weight excluding hydrogens is 319 g/mol. The molecule has 2 heterocycles. The molecule has 0 unspecified atom stereocenters. The van der Waals surface area contributed by atoms with Crippen molar-refractivity contribution in [3.05, 3.63) is 78.2 Å². The summed E-state index contributed by atoms with van der Waals surface area (Å²) in [6.07, 6.45) is 1.67. The van der Waals surface area contributed by atoms with Crippen molar-refractivity contribution in [3.63, 3.8) is 0 Å². The molecule has 0 bridgehead atoms. The Labute approximate surface area is 142 Å². The Kier molecular flexibility index (Phi) is 3.70. The molecule has 0 fully saturated rings. The molecule has 2 N–H and O–H groups in total. The standard InChI is InChI=1S/C19H13FN4O/c20-13-7-1-2-8-14(13)23-19(25)12-6-5-10-15-17(12)24-18(22-15)16-9-3-4-11-21-16/h1-11H,(H,22,24)(H,23,25). The maximum Gasteiger partial charge on any atom is 0.258 e. The lowest BCUT2D eigenvalue weighted by Crippen LogP contribution is -2.13. The molecule has 5 nitrogen and oxygen atoms in total. The summed E-state index contributed by atoms with van der Waals surface area (Å²) < 4.78 is 13.8. The predicted octanol–water partition coefficient (Wildman–Crippen LogP) is 4.02. The molecule has 4 rings (SSSR count). The second-order valence-electron chi connectivity index (χ2n) is 5.44. The monoisotopic (exact) mass is 332 g/mol. The molecule has 0 aliphatic rings. The number of nitrogens with one attached hydrogen (secondary N) is 2. The Bertz CT molecular complexity index is 1060. The minimum absolute atomic E-state index is 0.130. The van der Waals surface area contributed by atoms with Gasteiger partial charge in [-0.15, -0.1) is 0 Å². The van der Waals surface area contributed by atoms with Gasteiger partial charge in [-0.3, -0.25) is 9.78 Å². The minimum Gasteiger partial charge on any atom is -0.337 e. The molecule has 0 aliphatic carbocycles. The highest BCUT2D eigenvalue weighted by Crippen LogP contribution is 2.23. The number of amides is 1. The van der Waals surface area contributed by atoms with Crippen molar-refractivity contribution >= 4 is 22.6 Å². The molecule has 0 saturated heterocycles. The normalized spacial score (nSPS) is 10.8. The molecule has 2 aromatic carbocycles. The first-order valence-electron chi connectivity index (χ1n) is 7.68. The average Bonchev–Trinajstić information content (AvgIpc) is 3.08. The van der Waals surface area contributed by atoms with Crippen molar-refractivity contribution in [2.24, 2.45) is 0 Å². The molecule has 4 aromatic rings. The van der Waals surface area contributed by atoms with Gasteiger partial charge >= 0.3 is 0 Å². The number of imidazole rings is 1. The van der Waals surface area contributed by atoms with Gasteiger partial charge in [0.2, 0.25) is 0 Å². The number of benzene rings is 2. The van der Waals surface area contributed by atoms with Crippen LogP contribution < -0.4 is 5.32 Å². The van der Waals surface area contributed by atoms with Crippen molar-refractivity contribution in [1.29, 1.82) is 0 Å². The van der Waals surface area contributed by atoms with Crippen molar-refractivity contribution in [3.8, 4) is 11.5 Å². The Balaban J connectivity index is 1.74. The summed E-state index contributed by atoms with van der Waals surface area (Å²) in [6.45, 7) is 0. The third-order valence-electron chi connectivity index (χ3n) is 3.79. The van der Waals surface area contributed by atoms with Gasteiger partial charge in [0, 0.05) is 6.20 Å². The Morgan fingerprint density at radius 3 is 2.64 bits per heavy atom. The molecule has 122 valence electrons. The number of carbonyl (C=O) groups excluding carboxylic acids is 1. The molecule has 0 spiro atoms. The molecular formula is C19H13FN4O. The zero-order valence-corrected chi connectivity index (χ0v) is 13.0. The van der Waals surface area contributed by atoms with Crippen LogP contribution in [0.2, 0.25) is 0 Å². The number of H-pyrrole nitrogens is 1. The lowest BCUT2D eigenvalue weighted by molar-refractivity contribution is 0.102. The van der Waals surface area contributed by atoms with E-state index in [1.54, 1.807) is 30.5 Å². The first-order valence-corrected chi connectivity index (χ1v) is 7.68. The Morgan fingerprint density at radius 1 is 1.00 bits per heavy atom. The first-order chi connectivity index (χ1) is 12.2. The summed E-state index contributed by atoms with van der Waals surface area (Å²) in [5, 5.41) is 2.58. The van der Waals surface area contributed by atoms with Gasteiger partial charge in [-0.2, -0.15) is 0 Å². The van der Waals surface area contributed by atoms with Crippen LogP contribution in [0.15, 0.2) is 66.9 Å². The molecule has 6 heteroatoms. The van der Waals surface area contributed by atoms with Gasteiger partial charge in [-0.05, 0) is 36.4 Å². The van der Waals surface area contributed by atoms with Gasteiger partial charge in [0.25, 0.3) is 5.91 Å². The lowest BCUT2D eigenvalue weighted by Gasteiger charge is -2.06. The SMILES string of the molecule is O=C(Nc1ccccc1F)c1cccc2[nH]c(-c3ccccn3)nc12. The number of hydrogen-bond acceptors (Lipinski definition) is 3. The number of carbonyl (C=O) groups is 1. The third-order valence-corrected chi connectivity index (χ3v) is 3.79. The number of aromatic nitrogens is 3. The van der Waals surface area contributed by atoms with E-state index in [1.165, 1.54) is 12.1 Å². The third kappa shape index (κ3) is 2.85. The number of para-hydroxylation sites is 2. The highest BCUT2D eigenvalue weighted by Gasteiger charge is 2.16. The smallest absolute Gasteiger partial charge is 0.258 e. The zero-order valence-electron chi connectivity index (χ0n) is 13.0. The van der Waals surface area contributed by atoms with Crippen molar-refractivity contribution in [2.75, 3.05) is 5.32 Å². The van der Waals surface area contributed by atoms with Gasteiger partial charge in [0.15, 0.2) is 5.82 Å². The number of rotatable bonds is 3. The molecule has 0 atom stereocenters. The second-order valence-corrected chi connectivity index (χ2v) is 5.44. The van der Waals surface area contributed by atoms with E-state index in [9.17, 15) is 9.18 Å². The van der Waals surface area contributed by atoms with Crippen LogP contribution in [0.5, 0.6) is 0 Å². The van der Waals surface area contributed by atoms with Gasteiger partial charge < -0.3 is 10.3 Å². The lowest BCUT2D eigenvalue weighted by atomic mass is 10.1. The summed E-state index contributed by atoms with van der Waals surface area (Å²) in [7, 11) is 0. The van der Waals surface area contributed by atoms with E-state index in [1.807, 2.05) is 24.3 Å². The first kappa shape index (κ1) is 15.0. The largest absolute Gasteiger partial charge is 0.337 e. The number of nitrogens with zero attached hydrogens (tertiary/aromatic N) is 2. The van der Waals surface area contributed by atoms with Crippen LogP contribution in [0.1, 0.15) is 10.4 Å². The summed E-state index contributed by atoms with van der Waals surface area (Å²) >= 11 is 0. The fourth-order valence-corrected chi connectivity index (χ4v) is 2.59. The average molecular weight is 332 g/mol. The van der Waals surface area contributed by atoms with E-state index in [4.69, 9.17) is 0 Å². The molecule has 2 aromatic heterocycles. The maximum absolute atomic E-state index is 13.8. The summed E-state index contributed by atoms with van der Waals surface area (Å²) in [5.41, 5.74) is 2.39. The van der Waals surface area contributed by atoms with Crippen LogP contribution in [-0.4, -0.2) is 20.9 Å². The molecule has 0 saturated carbocycles. The van der Waals surface area contributed by atoms with Gasteiger partial charge in [-0.1, -0.05) is 24.3 Å². The van der Waals surface area contributed by atoms with E-state index in [2.05, 4.69) is 20.3 Å². The van der Waals surface area contributed by atoms with E-state index >= 15 is 0 Å². The number of anilines is 1. The number of pyridine rings is 1. The number of hydrogen-bond donors (Lipinski definition) is 2. The van der Waals surface area contributed by atoms with Crippen LogP contribution >= 0.6 is 0 Å². The van der Waals surface area contributed by atoms with E-state index in [0.29, 0.717) is 28.1 Å². The topological polar surface area (TPSA) is 70.7 Å². The summed E-state index contributed by atoms with van der Waals surface area (Å²) in [6, 6.07) is 16.8. The summed E-state index contributed by atoms with van der Waals surface area (Å²) in [4.78, 5) is 24.5. The maximum atomic E-state index is 13.8. The Morgan fingerprint density at radius 2 is 1.84 bits per heavy atom.